The second-order valence-corrected chi connectivity index (χ2v) is 6.04. The summed E-state index contributed by atoms with van der Waals surface area (Å²) in [6.45, 7) is 1.23. The second-order valence-electron chi connectivity index (χ2n) is 4.31. The van der Waals surface area contributed by atoms with Crippen LogP contribution in [0.2, 0.25) is 0 Å². The summed E-state index contributed by atoms with van der Waals surface area (Å²) in [4.78, 5) is 3.63. The number of hydrogen-bond acceptors (Lipinski definition) is 5. The van der Waals surface area contributed by atoms with Crippen molar-refractivity contribution in [2.75, 3.05) is 0 Å². The number of oxazole rings is 1. The highest BCUT2D eigenvalue weighted by Gasteiger charge is 2.19. The first-order valence-corrected chi connectivity index (χ1v) is 7.77. The van der Waals surface area contributed by atoms with Crippen molar-refractivity contribution in [3.63, 3.8) is 0 Å². The van der Waals surface area contributed by atoms with Crippen molar-refractivity contribution in [2.24, 2.45) is 0 Å². The number of aliphatic hydroxyl groups excluding tert-OH is 1. The van der Waals surface area contributed by atoms with Gasteiger partial charge in [-0.05, 0) is 17.7 Å². The molecule has 1 aromatic carbocycles. The molecular weight excluding hydrogens is 299 g/mol. The molecule has 2 rings (SSSR count). The number of benzene rings is 1. The van der Waals surface area contributed by atoms with Crippen molar-refractivity contribution in [1.82, 2.24) is 9.71 Å². The van der Waals surface area contributed by atoms with Gasteiger partial charge in [0.2, 0.25) is 15.9 Å². The fourth-order valence-corrected chi connectivity index (χ4v) is 2.95. The third-order valence-corrected chi connectivity index (χ3v) is 4.34. The zero-order valence-electron chi connectivity index (χ0n) is 11.3. The van der Waals surface area contributed by atoms with E-state index in [1.807, 2.05) is 6.92 Å². The third-order valence-electron chi connectivity index (χ3n) is 2.85. The predicted octanol–water partition coefficient (Wildman–Crippen LogP) is 1.35. The molecule has 0 saturated heterocycles. The Morgan fingerprint density at radius 2 is 2.19 bits per heavy atom. The lowest BCUT2D eigenvalue weighted by atomic mass is 10.2. The van der Waals surface area contributed by atoms with Gasteiger partial charge in [-0.15, -0.1) is 0 Å². The van der Waals surface area contributed by atoms with Gasteiger partial charge in [-0.1, -0.05) is 13.0 Å². The molecule has 0 atom stereocenters. The van der Waals surface area contributed by atoms with Gasteiger partial charge in [0.25, 0.3) is 0 Å². The van der Waals surface area contributed by atoms with Crippen molar-refractivity contribution >= 4 is 10.0 Å². The summed E-state index contributed by atoms with van der Waals surface area (Å²) in [6.07, 6.45) is 2.17. The summed E-state index contributed by atoms with van der Waals surface area (Å²) in [5.74, 6) is 0.167. The van der Waals surface area contributed by atoms with Gasteiger partial charge in [0.1, 0.15) is 11.6 Å². The van der Waals surface area contributed by atoms with Gasteiger partial charge in [0.15, 0.2) is 0 Å². The number of aromatic nitrogens is 1. The number of rotatable bonds is 6. The van der Waals surface area contributed by atoms with Crippen molar-refractivity contribution in [1.29, 1.82) is 0 Å². The van der Waals surface area contributed by atoms with Gasteiger partial charge >= 0.3 is 0 Å². The van der Waals surface area contributed by atoms with E-state index < -0.39 is 22.4 Å². The van der Waals surface area contributed by atoms with Crippen LogP contribution in [0.15, 0.2) is 33.7 Å². The first kappa shape index (κ1) is 15.6. The number of halogens is 1. The number of sulfonamides is 1. The van der Waals surface area contributed by atoms with E-state index >= 15 is 0 Å². The highest BCUT2D eigenvalue weighted by atomic mass is 32.2. The molecule has 0 aliphatic heterocycles. The van der Waals surface area contributed by atoms with E-state index in [1.54, 1.807) is 0 Å². The number of aryl methyl sites for hydroxylation is 1. The van der Waals surface area contributed by atoms with Crippen molar-refractivity contribution in [3.05, 3.63) is 47.4 Å². The van der Waals surface area contributed by atoms with E-state index in [0.717, 1.165) is 12.1 Å². The normalized spacial score (nSPS) is 11.8. The minimum atomic E-state index is -3.97. The summed E-state index contributed by atoms with van der Waals surface area (Å²) in [6, 6.07) is 3.18. The van der Waals surface area contributed by atoms with E-state index in [-0.39, 0.29) is 22.9 Å². The van der Waals surface area contributed by atoms with E-state index in [1.165, 1.54) is 12.3 Å². The fourth-order valence-electron chi connectivity index (χ4n) is 1.74. The maximum absolute atomic E-state index is 13.2. The Morgan fingerprint density at radius 1 is 1.43 bits per heavy atom. The van der Waals surface area contributed by atoms with Crippen molar-refractivity contribution in [2.45, 2.75) is 31.4 Å². The molecule has 21 heavy (non-hydrogen) atoms. The fraction of sp³-hybridized carbons (Fsp3) is 0.308. The molecule has 1 aromatic heterocycles. The Morgan fingerprint density at radius 3 is 2.81 bits per heavy atom. The zero-order valence-corrected chi connectivity index (χ0v) is 12.2. The quantitative estimate of drug-likeness (QED) is 0.839. The van der Waals surface area contributed by atoms with Gasteiger partial charge in [0, 0.05) is 6.42 Å². The van der Waals surface area contributed by atoms with Crippen LogP contribution in [0.1, 0.15) is 24.1 Å². The van der Waals surface area contributed by atoms with Crippen LogP contribution < -0.4 is 4.72 Å². The SMILES string of the molecule is CCc1cnc(CNS(=O)(=O)c2cc(F)ccc2CO)o1. The molecule has 0 spiro atoms. The van der Waals surface area contributed by atoms with Crippen molar-refractivity contribution < 1.29 is 22.3 Å². The molecule has 114 valence electrons. The molecule has 8 heteroatoms. The molecule has 0 aliphatic rings. The highest BCUT2D eigenvalue weighted by Crippen LogP contribution is 2.17. The van der Waals surface area contributed by atoms with Gasteiger partial charge in [-0.2, -0.15) is 0 Å². The molecule has 2 aromatic rings. The standard InChI is InChI=1S/C13H15FN2O4S/c1-2-11-6-15-13(20-11)7-16-21(18,19)12-5-10(14)4-3-9(12)8-17/h3-6,16-17H,2,7-8H2,1H3. The highest BCUT2D eigenvalue weighted by molar-refractivity contribution is 7.89. The average Bonchev–Trinajstić information content (AvgIpc) is 2.93. The Kier molecular flexibility index (Phi) is 4.71. The average molecular weight is 314 g/mol. The second kappa shape index (κ2) is 6.33. The Balaban J connectivity index is 2.20. The molecule has 0 amide bonds. The van der Waals surface area contributed by atoms with Crippen LogP contribution in [-0.4, -0.2) is 18.5 Å². The number of nitrogens with one attached hydrogen (secondary N) is 1. The Labute approximate surface area is 121 Å². The lowest BCUT2D eigenvalue weighted by molar-refractivity contribution is 0.278. The molecule has 1 heterocycles. The topological polar surface area (TPSA) is 92.4 Å². The van der Waals surface area contributed by atoms with Crippen LogP contribution in [0, 0.1) is 5.82 Å². The number of aliphatic hydroxyl groups is 1. The van der Waals surface area contributed by atoms with Crippen LogP contribution in [0.5, 0.6) is 0 Å². The summed E-state index contributed by atoms with van der Waals surface area (Å²) >= 11 is 0. The third kappa shape index (κ3) is 3.66. The maximum Gasteiger partial charge on any atom is 0.241 e. The minimum absolute atomic E-state index is 0.116. The molecule has 2 N–H and O–H groups in total. The minimum Gasteiger partial charge on any atom is -0.444 e. The van der Waals surface area contributed by atoms with E-state index in [2.05, 4.69) is 9.71 Å². The largest absolute Gasteiger partial charge is 0.444 e. The monoisotopic (exact) mass is 314 g/mol. The lowest BCUT2D eigenvalue weighted by Gasteiger charge is -2.09. The summed E-state index contributed by atoms with van der Waals surface area (Å²) < 4.78 is 45.1. The zero-order chi connectivity index (χ0) is 15.5. The van der Waals surface area contributed by atoms with Gasteiger partial charge in [0.05, 0.1) is 24.2 Å². The first-order chi connectivity index (χ1) is 9.96. The summed E-state index contributed by atoms with van der Waals surface area (Å²) in [7, 11) is -3.97. The number of hydrogen-bond donors (Lipinski definition) is 2. The Bertz CT molecular complexity index is 728. The van der Waals surface area contributed by atoms with Crippen LogP contribution in [0.25, 0.3) is 0 Å². The molecule has 0 saturated carbocycles. The smallest absolute Gasteiger partial charge is 0.241 e. The lowest BCUT2D eigenvalue weighted by Crippen LogP contribution is -2.24. The van der Waals surface area contributed by atoms with Crippen molar-refractivity contribution in [3.8, 4) is 0 Å². The Hall–Kier alpha value is -1.77. The molecule has 0 unspecified atom stereocenters. The van der Waals surface area contributed by atoms with E-state index in [4.69, 9.17) is 9.52 Å². The molecule has 0 fully saturated rings. The van der Waals surface area contributed by atoms with Crippen LogP contribution in [-0.2, 0) is 29.6 Å². The van der Waals surface area contributed by atoms with E-state index in [0.29, 0.717) is 12.2 Å². The molecule has 6 nitrogen and oxygen atoms in total. The summed E-state index contributed by atoms with van der Waals surface area (Å²) in [5, 5.41) is 9.15. The predicted molar refractivity (Wildman–Crippen MR) is 72.2 cm³/mol. The summed E-state index contributed by atoms with van der Waals surface area (Å²) in [5.41, 5.74) is 0.116. The first-order valence-electron chi connectivity index (χ1n) is 6.28. The van der Waals surface area contributed by atoms with Gasteiger partial charge in [-0.25, -0.2) is 22.5 Å². The van der Waals surface area contributed by atoms with Gasteiger partial charge < -0.3 is 9.52 Å². The van der Waals surface area contributed by atoms with Crippen LogP contribution in [0.4, 0.5) is 4.39 Å². The number of nitrogens with zero attached hydrogens (tertiary/aromatic N) is 1. The molecular formula is C13H15FN2O4S. The van der Waals surface area contributed by atoms with Crippen LogP contribution in [0.3, 0.4) is 0 Å². The molecule has 0 radical (unpaired) electrons. The molecule has 0 bridgehead atoms. The van der Waals surface area contributed by atoms with Gasteiger partial charge in [-0.3, -0.25) is 0 Å². The van der Waals surface area contributed by atoms with Crippen LogP contribution >= 0.6 is 0 Å². The maximum atomic E-state index is 13.2. The van der Waals surface area contributed by atoms with E-state index in [9.17, 15) is 12.8 Å². The molecule has 0 aliphatic carbocycles.